The molecule has 0 fully saturated rings. The van der Waals surface area contributed by atoms with Crippen LogP contribution in [0.3, 0.4) is 0 Å². The fourth-order valence-corrected chi connectivity index (χ4v) is 1.62. The fourth-order valence-electron chi connectivity index (χ4n) is 1.32. The molecule has 2 rings (SSSR count). The second-order valence-corrected chi connectivity index (χ2v) is 4.05. The molecule has 82 valence electrons. The minimum Gasteiger partial charge on any atom is -0.329 e. The zero-order valence-corrected chi connectivity index (χ0v) is 10.1. The summed E-state index contributed by atoms with van der Waals surface area (Å²) in [6, 6.07) is 8.12. The highest BCUT2D eigenvalue weighted by molar-refractivity contribution is 9.10. The average molecular weight is 282 g/mol. The molecule has 3 nitrogen and oxygen atoms in total. The molecule has 0 amide bonds. The molecule has 0 spiro atoms. The lowest BCUT2D eigenvalue weighted by Crippen LogP contribution is -2.11. The molecule has 0 N–H and O–H groups in total. The minimum absolute atomic E-state index is 0.266. The monoisotopic (exact) mass is 281 g/mol. The molecular weight excluding hydrogens is 273 g/mol. The van der Waals surface area contributed by atoms with E-state index in [1.54, 1.807) is 17.0 Å². The Labute approximate surface area is 101 Å². The molecule has 0 aliphatic carbocycles. The quantitative estimate of drug-likeness (QED) is 0.792. The fraction of sp³-hybridized carbons (Fsp3) is 0.0909. The van der Waals surface area contributed by atoms with Crippen LogP contribution >= 0.6 is 15.9 Å². The largest absolute Gasteiger partial charge is 0.329 e. The SMILES string of the molecule is CN(c1cccc(F)c1)c1cc(Br)ncn1. The molecule has 0 aliphatic heterocycles. The van der Waals surface area contributed by atoms with Gasteiger partial charge in [-0.1, -0.05) is 6.07 Å². The molecule has 0 saturated heterocycles. The minimum atomic E-state index is -0.266. The molecule has 5 heteroatoms. The van der Waals surface area contributed by atoms with Gasteiger partial charge in [-0.2, -0.15) is 0 Å². The Morgan fingerprint density at radius 3 is 2.75 bits per heavy atom. The Morgan fingerprint density at radius 1 is 1.25 bits per heavy atom. The first-order valence-corrected chi connectivity index (χ1v) is 5.43. The molecule has 0 aliphatic rings. The van der Waals surface area contributed by atoms with Crippen molar-refractivity contribution in [3.05, 3.63) is 47.1 Å². The summed E-state index contributed by atoms with van der Waals surface area (Å²) in [5, 5.41) is 0. The van der Waals surface area contributed by atoms with Gasteiger partial charge in [0.2, 0.25) is 0 Å². The van der Waals surface area contributed by atoms with Gasteiger partial charge in [0.05, 0.1) is 0 Å². The van der Waals surface area contributed by atoms with E-state index < -0.39 is 0 Å². The summed E-state index contributed by atoms with van der Waals surface area (Å²) >= 11 is 3.27. The van der Waals surface area contributed by atoms with Gasteiger partial charge in [0, 0.05) is 18.8 Å². The first-order valence-electron chi connectivity index (χ1n) is 4.63. The van der Waals surface area contributed by atoms with Crippen LogP contribution in [-0.4, -0.2) is 17.0 Å². The lowest BCUT2D eigenvalue weighted by Gasteiger charge is -2.17. The maximum Gasteiger partial charge on any atom is 0.137 e. The topological polar surface area (TPSA) is 29.0 Å². The van der Waals surface area contributed by atoms with Crippen LogP contribution in [0.25, 0.3) is 0 Å². The highest BCUT2D eigenvalue weighted by Crippen LogP contribution is 2.23. The van der Waals surface area contributed by atoms with Crippen molar-refractivity contribution < 1.29 is 4.39 Å². The van der Waals surface area contributed by atoms with E-state index in [9.17, 15) is 4.39 Å². The van der Waals surface area contributed by atoms with Gasteiger partial charge in [0.25, 0.3) is 0 Å². The van der Waals surface area contributed by atoms with E-state index in [0.717, 1.165) is 5.69 Å². The second kappa shape index (κ2) is 4.57. The molecule has 16 heavy (non-hydrogen) atoms. The van der Waals surface area contributed by atoms with E-state index in [4.69, 9.17) is 0 Å². The Hall–Kier alpha value is -1.49. The van der Waals surface area contributed by atoms with Crippen molar-refractivity contribution in [2.75, 3.05) is 11.9 Å². The lowest BCUT2D eigenvalue weighted by atomic mass is 10.3. The van der Waals surface area contributed by atoms with Crippen molar-refractivity contribution in [3.63, 3.8) is 0 Å². The van der Waals surface area contributed by atoms with E-state index in [2.05, 4.69) is 25.9 Å². The molecule has 1 heterocycles. The Morgan fingerprint density at radius 2 is 2.06 bits per heavy atom. The van der Waals surface area contributed by atoms with Crippen molar-refractivity contribution in [3.8, 4) is 0 Å². The summed E-state index contributed by atoms with van der Waals surface area (Å²) in [6.45, 7) is 0. The smallest absolute Gasteiger partial charge is 0.137 e. The number of hydrogen-bond donors (Lipinski definition) is 0. The zero-order chi connectivity index (χ0) is 11.5. The summed E-state index contributed by atoms with van der Waals surface area (Å²) < 4.78 is 13.7. The van der Waals surface area contributed by atoms with Gasteiger partial charge < -0.3 is 4.90 Å². The van der Waals surface area contributed by atoms with Gasteiger partial charge in [0.15, 0.2) is 0 Å². The van der Waals surface area contributed by atoms with E-state index >= 15 is 0 Å². The molecule has 0 atom stereocenters. The maximum atomic E-state index is 13.1. The standard InChI is InChI=1S/C11H9BrFN3/c1-16(9-4-2-3-8(13)5-9)11-6-10(12)14-7-15-11/h2-7H,1H3. The Bertz CT molecular complexity index is 459. The molecule has 2 aromatic rings. The van der Waals surface area contributed by atoms with Crippen LogP contribution in [0.5, 0.6) is 0 Å². The Balaban J connectivity index is 2.35. The number of hydrogen-bond acceptors (Lipinski definition) is 3. The molecule has 1 aromatic carbocycles. The van der Waals surface area contributed by atoms with Crippen LogP contribution < -0.4 is 4.90 Å². The van der Waals surface area contributed by atoms with Crippen LogP contribution in [0.1, 0.15) is 0 Å². The van der Waals surface area contributed by atoms with E-state index in [1.165, 1.54) is 18.5 Å². The van der Waals surface area contributed by atoms with Crippen molar-refractivity contribution in [2.45, 2.75) is 0 Å². The van der Waals surface area contributed by atoms with Crippen molar-refractivity contribution >= 4 is 27.4 Å². The average Bonchev–Trinajstić information content (AvgIpc) is 2.28. The summed E-state index contributed by atoms with van der Waals surface area (Å²) in [7, 11) is 1.82. The zero-order valence-electron chi connectivity index (χ0n) is 8.56. The summed E-state index contributed by atoms with van der Waals surface area (Å²) in [4.78, 5) is 9.83. The van der Waals surface area contributed by atoms with Gasteiger partial charge in [0.1, 0.15) is 22.6 Å². The van der Waals surface area contributed by atoms with Crippen molar-refractivity contribution in [1.82, 2.24) is 9.97 Å². The van der Waals surface area contributed by atoms with Gasteiger partial charge in [-0.25, -0.2) is 14.4 Å². The third-order valence-electron chi connectivity index (χ3n) is 2.16. The Kier molecular flexibility index (Phi) is 3.14. The number of benzene rings is 1. The van der Waals surface area contributed by atoms with E-state index in [-0.39, 0.29) is 5.82 Å². The molecule has 0 unspecified atom stereocenters. The number of nitrogens with zero attached hydrogens (tertiary/aromatic N) is 3. The summed E-state index contributed by atoms with van der Waals surface area (Å²) in [5.74, 6) is 0.435. The molecular formula is C11H9BrFN3. The van der Waals surface area contributed by atoms with Crippen molar-refractivity contribution in [1.29, 1.82) is 0 Å². The second-order valence-electron chi connectivity index (χ2n) is 3.24. The number of aromatic nitrogens is 2. The predicted molar refractivity (Wildman–Crippen MR) is 64.2 cm³/mol. The van der Waals surface area contributed by atoms with Crippen LogP contribution in [-0.2, 0) is 0 Å². The number of anilines is 2. The van der Waals surface area contributed by atoms with E-state index in [1.807, 2.05) is 13.1 Å². The molecule has 1 aromatic heterocycles. The third kappa shape index (κ3) is 2.36. The van der Waals surface area contributed by atoms with Crippen molar-refractivity contribution in [2.24, 2.45) is 0 Å². The van der Waals surface area contributed by atoms with Crippen LogP contribution in [0.4, 0.5) is 15.9 Å². The number of rotatable bonds is 2. The van der Waals surface area contributed by atoms with Crippen LogP contribution in [0.15, 0.2) is 41.3 Å². The maximum absolute atomic E-state index is 13.1. The predicted octanol–water partition coefficient (Wildman–Crippen LogP) is 3.15. The molecule has 0 bridgehead atoms. The van der Waals surface area contributed by atoms with Gasteiger partial charge in [-0.3, -0.25) is 0 Å². The van der Waals surface area contributed by atoms with Crippen LogP contribution in [0, 0.1) is 5.82 Å². The molecule has 0 radical (unpaired) electrons. The van der Waals surface area contributed by atoms with Gasteiger partial charge in [-0.05, 0) is 34.1 Å². The first-order chi connectivity index (χ1) is 7.66. The summed E-state index contributed by atoms with van der Waals surface area (Å²) in [5.41, 5.74) is 0.741. The van der Waals surface area contributed by atoms with Crippen LogP contribution in [0.2, 0.25) is 0 Å². The summed E-state index contributed by atoms with van der Waals surface area (Å²) in [6.07, 6.45) is 1.45. The third-order valence-corrected chi connectivity index (χ3v) is 2.59. The highest BCUT2D eigenvalue weighted by atomic mass is 79.9. The lowest BCUT2D eigenvalue weighted by molar-refractivity contribution is 0.628. The van der Waals surface area contributed by atoms with E-state index in [0.29, 0.717) is 10.4 Å². The highest BCUT2D eigenvalue weighted by Gasteiger charge is 2.06. The normalized spacial score (nSPS) is 10.2. The first kappa shape index (κ1) is 11.0. The molecule has 0 saturated carbocycles. The van der Waals surface area contributed by atoms with Gasteiger partial charge >= 0.3 is 0 Å². The number of halogens is 2. The van der Waals surface area contributed by atoms with Gasteiger partial charge in [-0.15, -0.1) is 0 Å².